The summed E-state index contributed by atoms with van der Waals surface area (Å²) >= 11 is 0. The van der Waals surface area contributed by atoms with E-state index in [-0.39, 0.29) is 11.8 Å². The molecule has 0 unspecified atom stereocenters. The molecule has 7 nitrogen and oxygen atoms in total. The number of aromatic nitrogens is 4. The highest BCUT2D eigenvalue weighted by atomic mass is 16.1. The second-order valence-corrected chi connectivity index (χ2v) is 4.88. The van der Waals surface area contributed by atoms with Crippen molar-refractivity contribution < 1.29 is 4.79 Å². The van der Waals surface area contributed by atoms with Gasteiger partial charge in [-0.3, -0.25) is 4.79 Å². The zero-order valence-corrected chi connectivity index (χ0v) is 12.7. The molecule has 0 aliphatic rings. The number of rotatable bonds is 5. The molecule has 0 aliphatic carbocycles. The van der Waals surface area contributed by atoms with Gasteiger partial charge in [0.15, 0.2) is 11.5 Å². The molecule has 0 fully saturated rings. The second-order valence-electron chi connectivity index (χ2n) is 4.88. The molecule has 1 amide bonds. The first kappa shape index (κ1) is 15.0. The van der Waals surface area contributed by atoms with E-state index in [1.807, 2.05) is 26.8 Å². The molecule has 0 spiro atoms. The Kier molecular flexibility index (Phi) is 4.52. The smallest absolute Gasteiger partial charge is 0.271 e. The van der Waals surface area contributed by atoms with Crippen molar-refractivity contribution in [2.75, 3.05) is 18.9 Å². The van der Waals surface area contributed by atoms with E-state index in [0.717, 1.165) is 18.2 Å². The minimum atomic E-state index is -0.223. The summed E-state index contributed by atoms with van der Waals surface area (Å²) in [4.78, 5) is 20.5. The molecular formula is C14H20N6O. The summed E-state index contributed by atoms with van der Waals surface area (Å²) in [5.74, 6) is 2.11. The molecule has 0 bridgehead atoms. The molecule has 21 heavy (non-hydrogen) atoms. The third-order valence-electron chi connectivity index (χ3n) is 2.89. The number of anilines is 1. The normalized spacial score (nSPS) is 10.7. The zero-order valence-electron chi connectivity index (χ0n) is 12.7. The van der Waals surface area contributed by atoms with E-state index in [1.54, 1.807) is 24.0 Å². The van der Waals surface area contributed by atoms with Crippen molar-refractivity contribution in [3.05, 3.63) is 29.8 Å². The standard InChI is InChI=1S/C14H20N6O/c1-5-16-11-8-12(18-13(17-11)9(2)3)20-7-6-10(19-20)14(21)15-4/h6-9H,5H2,1-4H3,(H,15,21)(H,16,17,18). The maximum atomic E-state index is 11.6. The first-order valence-electron chi connectivity index (χ1n) is 6.96. The quantitative estimate of drug-likeness (QED) is 0.872. The Morgan fingerprint density at radius 1 is 1.38 bits per heavy atom. The molecule has 0 saturated heterocycles. The number of nitrogens with zero attached hydrogens (tertiary/aromatic N) is 4. The van der Waals surface area contributed by atoms with Crippen molar-refractivity contribution in [1.82, 2.24) is 25.1 Å². The van der Waals surface area contributed by atoms with Gasteiger partial charge in [0, 0.05) is 31.8 Å². The highest BCUT2D eigenvalue weighted by molar-refractivity contribution is 5.91. The van der Waals surface area contributed by atoms with Gasteiger partial charge < -0.3 is 10.6 Å². The summed E-state index contributed by atoms with van der Waals surface area (Å²) in [5, 5.41) is 9.97. The average Bonchev–Trinajstić information content (AvgIpc) is 2.96. The molecule has 2 aromatic heterocycles. The van der Waals surface area contributed by atoms with Gasteiger partial charge in [-0.1, -0.05) is 13.8 Å². The van der Waals surface area contributed by atoms with Crippen LogP contribution < -0.4 is 10.6 Å². The molecule has 2 aromatic rings. The minimum Gasteiger partial charge on any atom is -0.370 e. The van der Waals surface area contributed by atoms with Crippen molar-refractivity contribution in [2.45, 2.75) is 26.7 Å². The van der Waals surface area contributed by atoms with Crippen molar-refractivity contribution in [3.63, 3.8) is 0 Å². The third kappa shape index (κ3) is 3.36. The number of hydrogen-bond acceptors (Lipinski definition) is 5. The highest BCUT2D eigenvalue weighted by Crippen LogP contribution is 2.16. The Hall–Kier alpha value is -2.44. The lowest BCUT2D eigenvalue weighted by Gasteiger charge is -2.10. The summed E-state index contributed by atoms with van der Waals surface area (Å²) in [7, 11) is 1.58. The van der Waals surface area contributed by atoms with Crippen LogP contribution in [-0.4, -0.2) is 39.2 Å². The lowest BCUT2D eigenvalue weighted by atomic mass is 10.2. The van der Waals surface area contributed by atoms with E-state index in [0.29, 0.717) is 11.5 Å². The summed E-state index contributed by atoms with van der Waals surface area (Å²) in [6, 6.07) is 3.47. The van der Waals surface area contributed by atoms with E-state index in [2.05, 4.69) is 25.7 Å². The van der Waals surface area contributed by atoms with Crippen LogP contribution in [0.15, 0.2) is 18.3 Å². The van der Waals surface area contributed by atoms with Crippen LogP contribution in [-0.2, 0) is 0 Å². The zero-order chi connectivity index (χ0) is 15.4. The van der Waals surface area contributed by atoms with Gasteiger partial charge in [0.05, 0.1) is 0 Å². The fourth-order valence-electron chi connectivity index (χ4n) is 1.80. The fraction of sp³-hybridized carbons (Fsp3) is 0.429. The molecule has 2 heterocycles. The molecule has 2 N–H and O–H groups in total. The number of nitrogens with one attached hydrogen (secondary N) is 2. The van der Waals surface area contributed by atoms with Crippen molar-refractivity contribution in [2.24, 2.45) is 0 Å². The topological polar surface area (TPSA) is 84.7 Å². The Labute approximate surface area is 123 Å². The molecule has 7 heteroatoms. The maximum absolute atomic E-state index is 11.6. The van der Waals surface area contributed by atoms with E-state index >= 15 is 0 Å². The van der Waals surface area contributed by atoms with E-state index in [4.69, 9.17) is 0 Å². The van der Waals surface area contributed by atoms with Crippen LogP contribution in [0.25, 0.3) is 5.82 Å². The summed E-state index contributed by atoms with van der Waals surface area (Å²) in [5.41, 5.74) is 0.354. The first-order chi connectivity index (χ1) is 10.0. The van der Waals surface area contributed by atoms with E-state index in [1.165, 1.54) is 0 Å². The first-order valence-corrected chi connectivity index (χ1v) is 6.96. The molecule has 0 aliphatic heterocycles. The molecule has 112 valence electrons. The maximum Gasteiger partial charge on any atom is 0.271 e. The van der Waals surface area contributed by atoms with Crippen molar-refractivity contribution in [3.8, 4) is 5.82 Å². The molecule has 2 rings (SSSR count). The van der Waals surface area contributed by atoms with Crippen LogP contribution >= 0.6 is 0 Å². The number of carbonyl (C=O) groups is 1. The van der Waals surface area contributed by atoms with Gasteiger partial charge in [0.1, 0.15) is 11.6 Å². The van der Waals surface area contributed by atoms with Gasteiger partial charge in [-0.25, -0.2) is 14.6 Å². The Morgan fingerprint density at radius 2 is 2.14 bits per heavy atom. The largest absolute Gasteiger partial charge is 0.370 e. The number of hydrogen-bond donors (Lipinski definition) is 2. The Bertz CT molecular complexity index is 634. The van der Waals surface area contributed by atoms with Gasteiger partial charge in [0.25, 0.3) is 5.91 Å². The van der Waals surface area contributed by atoms with Crippen LogP contribution in [0.1, 0.15) is 43.0 Å². The van der Waals surface area contributed by atoms with Crippen LogP contribution in [0.5, 0.6) is 0 Å². The Balaban J connectivity index is 2.42. The van der Waals surface area contributed by atoms with Crippen LogP contribution in [0, 0.1) is 0 Å². The van der Waals surface area contributed by atoms with E-state index < -0.39 is 0 Å². The summed E-state index contributed by atoms with van der Waals surface area (Å²) < 4.78 is 1.58. The molecule has 0 aromatic carbocycles. The molecule has 0 saturated carbocycles. The lowest BCUT2D eigenvalue weighted by Crippen LogP contribution is -2.18. The van der Waals surface area contributed by atoms with Crippen LogP contribution in [0.4, 0.5) is 5.82 Å². The van der Waals surface area contributed by atoms with Gasteiger partial charge in [-0.2, -0.15) is 5.10 Å². The summed E-state index contributed by atoms with van der Waals surface area (Å²) in [6.45, 7) is 6.85. The minimum absolute atomic E-state index is 0.205. The second kappa shape index (κ2) is 6.34. The fourth-order valence-corrected chi connectivity index (χ4v) is 1.80. The predicted molar refractivity (Wildman–Crippen MR) is 80.8 cm³/mol. The van der Waals surface area contributed by atoms with Crippen molar-refractivity contribution >= 4 is 11.7 Å². The van der Waals surface area contributed by atoms with Crippen molar-refractivity contribution in [1.29, 1.82) is 0 Å². The van der Waals surface area contributed by atoms with Gasteiger partial charge in [-0.05, 0) is 13.0 Å². The Morgan fingerprint density at radius 3 is 2.76 bits per heavy atom. The van der Waals surface area contributed by atoms with E-state index in [9.17, 15) is 4.79 Å². The average molecular weight is 288 g/mol. The van der Waals surface area contributed by atoms with Crippen LogP contribution in [0.3, 0.4) is 0 Å². The molecule has 0 atom stereocenters. The van der Waals surface area contributed by atoms with Crippen LogP contribution in [0.2, 0.25) is 0 Å². The monoisotopic (exact) mass is 288 g/mol. The molecule has 0 radical (unpaired) electrons. The van der Waals surface area contributed by atoms with Gasteiger partial charge >= 0.3 is 0 Å². The third-order valence-corrected chi connectivity index (χ3v) is 2.89. The summed E-state index contributed by atoms with van der Waals surface area (Å²) in [6.07, 6.45) is 1.72. The van der Waals surface area contributed by atoms with Gasteiger partial charge in [-0.15, -0.1) is 0 Å². The number of amides is 1. The SMILES string of the molecule is CCNc1cc(-n2ccc(C(=O)NC)n2)nc(C(C)C)n1. The number of carbonyl (C=O) groups excluding carboxylic acids is 1. The van der Waals surface area contributed by atoms with Gasteiger partial charge in [0.2, 0.25) is 0 Å². The predicted octanol–water partition coefficient (Wildman–Crippen LogP) is 1.58. The highest BCUT2D eigenvalue weighted by Gasteiger charge is 2.12. The lowest BCUT2D eigenvalue weighted by molar-refractivity contribution is 0.0957. The molecular weight excluding hydrogens is 268 g/mol.